The predicted molar refractivity (Wildman–Crippen MR) is 73.6 cm³/mol. The molecule has 1 aromatic carbocycles. The first-order valence-corrected chi connectivity index (χ1v) is 6.30. The Kier molecular flexibility index (Phi) is 5.74. The summed E-state index contributed by atoms with van der Waals surface area (Å²) >= 11 is 3.44. The van der Waals surface area contributed by atoms with Crippen LogP contribution in [-0.4, -0.2) is 38.5 Å². The third kappa shape index (κ3) is 4.18. The molecule has 0 heterocycles. The Bertz CT molecular complexity index is 360. The molecule has 96 valence electrons. The summed E-state index contributed by atoms with van der Waals surface area (Å²) in [5.74, 6) is 0.796. The average molecular weight is 303 g/mol. The summed E-state index contributed by atoms with van der Waals surface area (Å²) in [7, 11) is 3.57. The number of rotatable bonds is 6. The van der Waals surface area contributed by atoms with E-state index < -0.39 is 6.10 Å². The van der Waals surface area contributed by atoms with Crippen LogP contribution in [0.2, 0.25) is 0 Å². The topological polar surface area (TPSA) is 58.7 Å². The normalized spacial score (nSPS) is 12.3. The molecule has 4 nitrogen and oxygen atoms in total. The molecule has 0 aliphatic rings. The number of anilines is 1. The fourth-order valence-electron chi connectivity index (χ4n) is 1.60. The van der Waals surface area contributed by atoms with Crippen LogP contribution in [0.3, 0.4) is 0 Å². The van der Waals surface area contributed by atoms with E-state index >= 15 is 0 Å². The number of hydrogen-bond donors (Lipinski definition) is 2. The molecule has 0 aromatic heterocycles. The maximum absolute atomic E-state index is 9.69. The van der Waals surface area contributed by atoms with Gasteiger partial charge in [0.15, 0.2) is 0 Å². The van der Waals surface area contributed by atoms with Gasteiger partial charge in [-0.2, -0.15) is 0 Å². The van der Waals surface area contributed by atoms with E-state index in [1.165, 1.54) is 0 Å². The van der Waals surface area contributed by atoms with E-state index in [-0.39, 0.29) is 0 Å². The molecule has 5 heteroatoms. The fraction of sp³-hybridized carbons (Fsp3) is 0.500. The van der Waals surface area contributed by atoms with Gasteiger partial charge in [-0.05, 0) is 47.1 Å². The van der Waals surface area contributed by atoms with Gasteiger partial charge in [-0.1, -0.05) is 0 Å². The van der Waals surface area contributed by atoms with Crippen LogP contribution < -0.4 is 15.4 Å². The second-order valence-corrected chi connectivity index (χ2v) is 4.78. The zero-order valence-corrected chi connectivity index (χ0v) is 11.8. The SMILES string of the molecule is COc1ccc(N(C)CC(O)CCN)cc1Br. The van der Waals surface area contributed by atoms with Crippen LogP contribution in [0.1, 0.15) is 6.42 Å². The van der Waals surface area contributed by atoms with Crippen molar-refractivity contribution in [2.24, 2.45) is 5.73 Å². The van der Waals surface area contributed by atoms with Gasteiger partial charge >= 0.3 is 0 Å². The number of nitrogens with zero attached hydrogens (tertiary/aromatic N) is 1. The van der Waals surface area contributed by atoms with Crippen LogP contribution in [0, 0.1) is 0 Å². The standard InChI is InChI=1S/C12H19BrN2O2/c1-15(8-10(16)5-6-14)9-3-4-12(17-2)11(13)7-9/h3-4,7,10,16H,5-6,8,14H2,1-2H3. The van der Waals surface area contributed by atoms with Crippen molar-refractivity contribution in [2.75, 3.05) is 32.1 Å². The quantitative estimate of drug-likeness (QED) is 0.838. The summed E-state index contributed by atoms with van der Waals surface area (Å²) in [5, 5.41) is 9.69. The molecule has 1 unspecified atom stereocenters. The van der Waals surface area contributed by atoms with Crippen molar-refractivity contribution in [1.82, 2.24) is 0 Å². The Morgan fingerprint density at radius 2 is 2.24 bits per heavy atom. The third-order valence-corrected chi connectivity index (χ3v) is 3.18. The van der Waals surface area contributed by atoms with Crippen LogP contribution >= 0.6 is 15.9 Å². The number of ether oxygens (including phenoxy) is 1. The summed E-state index contributed by atoms with van der Waals surface area (Å²) in [6.07, 6.45) is 0.215. The number of aliphatic hydroxyl groups is 1. The summed E-state index contributed by atoms with van der Waals surface area (Å²) in [6, 6.07) is 5.82. The zero-order valence-electron chi connectivity index (χ0n) is 10.2. The monoisotopic (exact) mass is 302 g/mol. The molecular formula is C12H19BrN2O2. The zero-order chi connectivity index (χ0) is 12.8. The number of aliphatic hydroxyl groups excluding tert-OH is 1. The maximum atomic E-state index is 9.69. The van der Waals surface area contributed by atoms with Crippen molar-refractivity contribution in [3.63, 3.8) is 0 Å². The molecule has 0 aliphatic heterocycles. The highest BCUT2D eigenvalue weighted by molar-refractivity contribution is 9.10. The highest BCUT2D eigenvalue weighted by Gasteiger charge is 2.09. The Morgan fingerprint density at radius 1 is 1.53 bits per heavy atom. The van der Waals surface area contributed by atoms with Gasteiger partial charge in [0.25, 0.3) is 0 Å². The smallest absolute Gasteiger partial charge is 0.133 e. The van der Waals surface area contributed by atoms with Gasteiger partial charge in [0.2, 0.25) is 0 Å². The third-order valence-electron chi connectivity index (χ3n) is 2.56. The van der Waals surface area contributed by atoms with E-state index in [2.05, 4.69) is 15.9 Å². The van der Waals surface area contributed by atoms with E-state index in [1.54, 1.807) is 7.11 Å². The van der Waals surface area contributed by atoms with Crippen LogP contribution in [0.4, 0.5) is 5.69 Å². The second kappa shape index (κ2) is 6.83. The van der Waals surface area contributed by atoms with Gasteiger partial charge in [-0.3, -0.25) is 0 Å². The van der Waals surface area contributed by atoms with Crippen LogP contribution in [-0.2, 0) is 0 Å². The summed E-state index contributed by atoms with van der Waals surface area (Å²) < 4.78 is 6.07. The Hall–Kier alpha value is -0.780. The maximum Gasteiger partial charge on any atom is 0.133 e. The number of hydrogen-bond acceptors (Lipinski definition) is 4. The lowest BCUT2D eigenvalue weighted by Gasteiger charge is -2.23. The van der Waals surface area contributed by atoms with E-state index in [0.29, 0.717) is 19.5 Å². The Morgan fingerprint density at radius 3 is 2.76 bits per heavy atom. The largest absolute Gasteiger partial charge is 0.496 e. The van der Waals surface area contributed by atoms with Crippen LogP contribution in [0.5, 0.6) is 5.75 Å². The van der Waals surface area contributed by atoms with Gasteiger partial charge in [0.05, 0.1) is 17.7 Å². The molecule has 0 fully saturated rings. The molecule has 0 radical (unpaired) electrons. The molecule has 0 aliphatic carbocycles. The molecule has 0 saturated heterocycles. The van der Waals surface area contributed by atoms with Crippen molar-refractivity contribution in [1.29, 1.82) is 0 Å². The van der Waals surface area contributed by atoms with Crippen molar-refractivity contribution >= 4 is 21.6 Å². The predicted octanol–water partition coefficient (Wildman–Crippen LogP) is 1.60. The molecule has 0 bridgehead atoms. The lowest BCUT2D eigenvalue weighted by Crippen LogP contribution is -2.30. The molecule has 1 aromatic rings. The van der Waals surface area contributed by atoms with Crippen molar-refractivity contribution in [2.45, 2.75) is 12.5 Å². The summed E-state index contributed by atoms with van der Waals surface area (Å²) in [6.45, 7) is 1.07. The number of benzene rings is 1. The minimum atomic E-state index is -0.397. The van der Waals surface area contributed by atoms with Gasteiger partial charge in [-0.15, -0.1) is 0 Å². The number of nitrogens with two attached hydrogens (primary N) is 1. The second-order valence-electron chi connectivity index (χ2n) is 3.93. The highest BCUT2D eigenvalue weighted by atomic mass is 79.9. The summed E-state index contributed by atoms with van der Waals surface area (Å²) in [5.41, 5.74) is 6.43. The van der Waals surface area contributed by atoms with Gasteiger partial charge in [-0.25, -0.2) is 0 Å². The molecule has 0 saturated carbocycles. The minimum Gasteiger partial charge on any atom is -0.496 e. The number of likely N-dealkylation sites (N-methyl/N-ethyl adjacent to an activating group) is 1. The van der Waals surface area contributed by atoms with Gasteiger partial charge < -0.3 is 20.5 Å². The van der Waals surface area contributed by atoms with Crippen molar-refractivity contribution < 1.29 is 9.84 Å². The molecule has 17 heavy (non-hydrogen) atoms. The number of methoxy groups -OCH3 is 1. The Balaban J connectivity index is 2.69. The lowest BCUT2D eigenvalue weighted by atomic mass is 10.2. The molecule has 3 N–H and O–H groups in total. The molecule has 1 rings (SSSR count). The van der Waals surface area contributed by atoms with Crippen molar-refractivity contribution in [3.05, 3.63) is 22.7 Å². The number of halogens is 1. The first kappa shape index (κ1) is 14.3. The average Bonchev–Trinajstić information content (AvgIpc) is 2.29. The van der Waals surface area contributed by atoms with Gasteiger partial charge in [0.1, 0.15) is 5.75 Å². The lowest BCUT2D eigenvalue weighted by molar-refractivity contribution is 0.174. The molecule has 0 amide bonds. The first-order chi connectivity index (χ1) is 8.08. The first-order valence-electron chi connectivity index (χ1n) is 5.51. The molecular weight excluding hydrogens is 284 g/mol. The van der Waals surface area contributed by atoms with Crippen LogP contribution in [0.25, 0.3) is 0 Å². The highest BCUT2D eigenvalue weighted by Crippen LogP contribution is 2.29. The van der Waals surface area contributed by atoms with E-state index in [1.807, 2.05) is 30.1 Å². The van der Waals surface area contributed by atoms with Gasteiger partial charge in [0, 0.05) is 19.3 Å². The van der Waals surface area contributed by atoms with Crippen LogP contribution in [0.15, 0.2) is 22.7 Å². The molecule has 1 atom stereocenters. The minimum absolute atomic E-state index is 0.397. The van der Waals surface area contributed by atoms with E-state index in [4.69, 9.17) is 10.5 Å². The molecule has 0 spiro atoms. The summed E-state index contributed by atoms with van der Waals surface area (Å²) in [4.78, 5) is 1.99. The van der Waals surface area contributed by atoms with Crippen molar-refractivity contribution in [3.8, 4) is 5.75 Å². The fourth-order valence-corrected chi connectivity index (χ4v) is 2.13. The van der Waals surface area contributed by atoms with E-state index in [0.717, 1.165) is 15.9 Å². The Labute approximate surface area is 110 Å². The van der Waals surface area contributed by atoms with E-state index in [9.17, 15) is 5.11 Å².